The third-order valence-corrected chi connectivity index (χ3v) is 3.60. The van der Waals surface area contributed by atoms with E-state index in [0.717, 1.165) is 28.6 Å². The lowest BCUT2D eigenvalue weighted by Crippen LogP contribution is -2.22. The lowest BCUT2D eigenvalue weighted by atomic mass is 10.1. The molecule has 0 amide bonds. The van der Waals surface area contributed by atoms with Gasteiger partial charge in [-0.2, -0.15) is 0 Å². The minimum atomic E-state index is 0.125. The first-order valence-corrected chi connectivity index (χ1v) is 7.09. The van der Waals surface area contributed by atoms with Crippen molar-refractivity contribution in [2.45, 2.75) is 32.9 Å². The average Bonchev–Trinajstić information content (AvgIpc) is 2.93. The van der Waals surface area contributed by atoms with Crippen LogP contribution in [0.15, 0.2) is 34.7 Å². The molecule has 0 spiro atoms. The van der Waals surface area contributed by atoms with Gasteiger partial charge in [-0.25, -0.2) is 0 Å². The van der Waals surface area contributed by atoms with Gasteiger partial charge in [0.05, 0.1) is 20.3 Å². The number of furan rings is 1. The van der Waals surface area contributed by atoms with E-state index in [2.05, 4.69) is 19.2 Å². The predicted molar refractivity (Wildman–Crippen MR) is 83.0 cm³/mol. The lowest BCUT2D eigenvalue weighted by molar-refractivity contribution is 0.369. The van der Waals surface area contributed by atoms with Crippen molar-refractivity contribution in [3.05, 3.63) is 47.4 Å². The summed E-state index contributed by atoms with van der Waals surface area (Å²) in [6, 6.07) is 10.1. The van der Waals surface area contributed by atoms with Crippen LogP contribution in [0, 0.1) is 6.92 Å². The molecule has 1 heterocycles. The second-order valence-electron chi connectivity index (χ2n) is 5.17. The van der Waals surface area contributed by atoms with Crippen molar-refractivity contribution in [3.63, 3.8) is 0 Å². The Kier molecular flexibility index (Phi) is 4.91. The summed E-state index contributed by atoms with van der Waals surface area (Å²) in [6.45, 7) is 6.15. The van der Waals surface area contributed by atoms with Crippen molar-refractivity contribution < 1.29 is 13.9 Å². The number of ether oxygens (including phenoxy) is 2. The molecule has 4 heteroatoms. The SMILES string of the molecule is COc1ccc(C(C)NC(C)c2ccc(C)o2)c(OC)c1. The number of benzene rings is 1. The van der Waals surface area contributed by atoms with Crippen LogP contribution in [0.4, 0.5) is 0 Å². The lowest BCUT2D eigenvalue weighted by Gasteiger charge is -2.21. The standard InChI is InChI=1S/C17H23NO3/c1-11-6-9-16(21-11)13(3)18-12(2)15-8-7-14(19-4)10-17(15)20-5/h6-10,12-13,18H,1-5H3. The second-order valence-corrected chi connectivity index (χ2v) is 5.17. The Morgan fingerprint density at radius 1 is 1.00 bits per heavy atom. The van der Waals surface area contributed by atoms with Crippen LogP contribution in [-0.4, -0.2) is 14.2 Å². The van der Waals surface area contributed by atoms with Crippen molar-refractivity contribution in [2.75, 3.05) is 14.2 Å². The fourth-order valence-corrected chi connectivity index (χ4v) is 2.41. The van der Waals surface area contributed by atoms with Crippen LogP contribution >= 0.6 is 0 Å². The summed E-state index contributed by atoms with van der Waals surface area (Å²) in [5.41, 5.74) is 1.09. The normalized spacial score (nSPS) is 13.8. The molecule has 1 aromatic heterocycles. The maximum atomic E-state index is 5.66. The van der Waals surface area contributed by atoms with Gasteiger partial charge in [0.25, 0.3) is 0 Å². The van der Waals surface area contributed by atoms with Crippen LogP contribution in [-0.2, 0) is 0 Å². The highest BCUT2D eigenvalue weighted by molar-refractivity contribution is 5.42. The van der Waals surface area contributed by atoms with Gasteiger partial charge in [0, 0.05) is 17.7 Å². The van der Waals surface area contributed by atoms with E-state index in [1.807, 2.05) is 37.3 Å². The first-order valence-electron chi connectivity index (χ1n) is 7.09. The molecule has 0 bridgehead atoms. The fraction of sp³-hybridized carbons (Fsp3) is 0.412. The molecule has 2 atom stereocenters. The number of aryl methyl sites for hydroxylation is 1. The van der Waals surface area contributed by atoms with Crippen LogP contribution in [0.2, 0.25) is 0 Å². The molecule has 0 aliphatic heterocycles. The molecule has 0 aliphatic carbocycles. The van der Waals surface area contributed by atoms with E-state index in [-0.39, 0.29) is 12.1 Å². The van der Waals surface area contributed by atoms with Gasteiger partial charge in [0.1, 0.15) is 23.0 Å². The van der Waals surface area contributed by atoms with Gasteiger partial charge in [-0.15, -0.1) is 0 Å². The van der Waals surface area contributed by atoms with Crippen LogP contribution < -0.4 is 14.8 Å². The summed E-state index contributed by atoms with van der Waals surface area (Å²) in [5, 5.41) is 3.52. The van der Waals surface area contributed by atoms with E-state index >= 15 is 0 Å². The maximum Gasteiger partial charge on any atom is 0.127 e. The first kappa shape index (κ1) is 15.4. The molecule has 1 aromatic carbocycles. The smallest absolute Gasteiger partial charge is 0.127 e. The Morgan fingerprint density at radius 2 is 1.76 bits per heavy atom. The molecule has 0 saturated heterocycles. The minimum absolute atomic E-state index is 0.125. The molecule has 2 aromatic rings. The molecule has 1 N–H and O–H groups in total. The van der Waals surface area contributed by atoms with E-state index in [9.17, 15) is 0 Å². The molecule has 114 valence electrons. The topological polar surface area (TPSA) is 43.6 Å². The van der Waals surface area contributed by atoms with Gasteiger partial charge in [-0.05, 0) is 39.0 Å². The van der Waals surface area contributed by atoms with E-state index in [0.29, 0.717) is 0 Å². The predicted octanol–water partition coefficient (Wildman–Crippen LogP) is 4.02. The molecular weight excluding hydrogens is 266 g/mol. The van der Waals surface area contributed by atoms with Crippen molar-refractivity contribution in [1.82, 2.24) is 5.32 Å². The highest BCUT2D eigenvalue weighted by Crippen LogP contribution is 2.30. The van der Waals surface area contributed by atoms with E-state index in [4.69, 9.17) is 13.9 Å². The average molecular weight is 289 g/mol. The summed E-state index contributed by atoms with van der Waals surface area (Å²) < 4.78 is 16.3. The summed E-state index contributed by atoms with van der Waals surface area (Å²) >= 11 is 0. The Balaban J connectivity index is 2.14. The third kappa shape index (κ3) is 3.58. The van der Waals surface area contributed by atoms with Gasteiger partial charge >= 0.3 is 0 Å². The largest absolute Gasteiger partial charge is 0.497 e. The summed E-state index contributed by atoms with van der Waals surface area (Å²) in [7, 11) is 3.32. The molecule has 0 saturated carbocycles. The number of methoxy groups -OCH3 is 2. The van der Waals surface area contributed by atoms with Crippen molar-refractivity contribution in [2.24, 2.45) is 0 Å². The molecule has 21 heavy (non-hydrogen) atoms. The van der Waals surface area contributed by atoms with Crippen molar-refractivity contribution >= 4 is 0 Å². The van der Waals surface area contributed by atoms with Gasteiger partial charge in [0.2, 0.25) is 0 Å². The summed E-state index contributed by atoms with van der Waals surface area (Å²) in [6.07, 6.45) is 0. The van der Waals surface area contributed by atoms with Crippen LogP contribution in [0.1, 0.15) is 43.0 Å². The van der Waals surface area contributed by atoms with Gasteiger partial charge in [-0.1, -0.05) is 6.07 Å². The fourth-order valence-electron chi connectivity index (χ4n) is 2.41. The van der Waals surface area contributed by atoms with Gasteiger partial charge < -0.3 is 19.2 Å². The summed E-state index contributed by atoms with van der Waals surface area (Å²) in [5.74, 6) is 3.47. The van der Waals surface area contributed by atoms with Crippen LogP contribution in [0.3, 0.4) is 0 Å². The first-order chi connectivity index (χ1) is 10.0. The number of hydrogen-bond acceptors (Lipinski definition) is 4. The number of hydrogen-bond donors (Lipinski definition) is 1. The monoisotopic (exact) mass is 289 g/mol. The molecule has 0 aliphatic rings. The minimum Gasteiger partial charge on any atom is -0.497 e. The zero-order valence-corrected chi connectivity index (χ0v) is 13.3. The molecule has 0 radical (unpaired) electrons. The Bertz CT molecular complexity index is 591. The highest BCUT2D eigenvalue weighted by atomic mass is 16.5. The van der Waals surface area contributed by atoms with Gasteiger partial charge in [-0.3, -0.25) is 0 Å². The Morgan fingerprint density at radius 3 is 2.33 bits per heavy atom. The number of rotatable bonds is 6. The van der Waals surface area contributed by atoms with Crippen LogP contribution in [0.5, 0.6) is 11.5 Å². The molecular formula is C17H23NO3. The second kappa shape index (κ2) is 6.68. The van der Waals surface area contributed by atoms with Gasteiger partial charge in [0.15, 0.2) is 0 Å². The zero-order valence-electron chi connectivity index (χ0n) is 13.3. The molecule has 0 fully saturated rings. The maximum absolute atomic E-state index is 5.66. The van der Waals surface area contributed by atoms with E-state index in [1.54, 1.807) is 14.2 Å². The quantitative estimate of drug-likeness (QED) is 0.872. The molecule has 4 nitrogen and oxygen atoms in total. The highest BCUT2D eigenvalue weighted by Gasteiger charge is 2.17. The zero-order chi connectivity index (χ0) is 15.4. The van der Waals surface area contributed by atoms with E-state index in [1.165, 1.54) is 0 Å². The summed E-state index contributed by atoms with van der Waals surface area (Å²) in [4.78, 5) is 0. The van der Waals surface area contributed by atoms with E-state index < -0.39 is 0 Å². The Labute approximate surface area is 126 Å². The van der Waals surface area contributed by atoms with Crippen molar-refractivity contribution in [3.8, 4) is 11.5 Å². The van der Waals surface area contributed by atoms with Crippen molar-refractivity contribution in [1.29, 1.82) is 0 Å². The van der Waals surface area contributed by atoms with Crippen LogP contribution in [0.25, 0.3) is 0 Å². The third-order valence-electron chi connectivity index (χ3n) is 3.60. The molecule has 2 unspecified atom stereocenters. The Hall–Kier alpha value is -1.94. The molecule has 2 rings (SSSR count). The number of nitrogens with one attached hydrogen (secondary N) is 1.